The highest BCUT2D eigenvalue weighted by molar-refractivity contribution is 7.92. The minimum atomic E-state index is -4.98. The first kappa shape index (κ1) is 23.1. The molecular weight excluding hydrogens is 445 g/mol. The average molecular weight is 464 g/mol. The van der Waals surface area contributed by atoms with Gasteiger partial charge < -0.3 is 10.1 Å². The van der Waals surface area contributed by atoms with Crippen LogP contribution in [-0.2, 0) is 10.0 Å². The second-order valence-electron chi connectivity index (χ2n) is 6.83. The maximum atomic E-state index is 12.9. The monoisotopic (exact) mass is 464 g/mol. The van der Waals surface area contributed by atoms with Crippen LogP contribution in [0.15, 0.2) is 72.8 Å². The Bertz CT molecular complexity index is 1230. The van der Waals surface area contributed by atoms with Crippen LogP contribution in [0, 0.1) is 0 Å². The smallest absolute Gasteiger partial charge is 0.405 e. The molecule has 0 fully saturated rings. The summed E-state index contributed by atoms with van der Waals surface area (Å²) in [6, 6.07) is 18.7. The molecule has 0 aliphatic rings. The van der Waals surface area contributed by atoms with E-state index in [1.807, 2.05) is 30.3 Å². The van der Waals surface area contributed by atoms with E-state index >= 15 is 0 Å². The molecule has 168 valence electrons. The molecule has 0 heterocycles. The number of ether oxygens (including phenoxy) is 1. The molecule has 1 N–H and O–H groups in total. The van der Waals surface area contributed by atoms with Crippen LogP contribution in [0.4, 0.5) is 24.5 Å². The second kappa shape index (κ2) is 8.91. The average Bonchev–Trinajstić information content (AvgIpc) is 2.72. The summed E-state index contributed by atoms with van der Waals surface area (Å²) >= 11 is 0. The topological polar surface area (TPSA) is 75.7 Å². The number of benzene rings is 3. The lowest BCUT2D eigenvalue weighted by Crippen LogP contribution is -2.27. The Balaban J connectivity index is 2.05. The van der Waals surface area contributed by atoms with Crippen molar-refractivity contribution in [3.8, 4) is 16.9 Å². The normalized spacial score (nSPS) is 11.7. The molecule has 3 rings (SSSR count). The summed E-state index contributed by atoms with van der Waals surface area (Å²) in [6.45, 7) is 0. The number of para-hydroxylation sites is 1. The first-order valence-corrected chi connectivity index (χ1v) is 11.1. The van der Waals surface area contributed by atoms with Crippen LogP contribution in [-0.4, -0.2) is 34.0 Å². The molecule has 0 aliphatic heterocycles. The molecule has 0 bridgehead atoms. The molecule has 0 aliphatic carbocycles. The first-order chi connectivity index (χ1) is 15.0. The zero-order chi connectivity index (χ0) is 23.5. The van der Waals surface area contributed by atoms with Crippen molar-refractivity contribution in [2.45, 2.75) is 6.36 Å². The summed E-state index contributed by atoms with van der Waals surface area (Å²) < 4.78 is 67.2. The van der Waals surface area contributed by atoms with Crippen LogP contribution in [0.5, 0.6) is 5.75 Å². The zero-order valence-electron chi connectivity index (χ0n) is 17.1. The Hall–Kier alpha value is -3.53. The Morgan fingerprint density at radius 3 is 2.19 bits per heavy atom. The van der Waals surface area contributed by atoms with Gasteiger partial charge in [0.1, 0.15) is 5.75 Å². The highest BCUT2D eigenvalue weighted by atomic mass is 32.2. The minimum absolute atomic E-state index is 0.103. The fourth-order valence-corrected chi connectivity index (χ4v) is 3.47. The van der Waals surface area contributed by atoms with Crippen molar-refractivity contribution in [3.63, 3.8) is 0 Å². The molecule has 0 saturated carbocycles. The predicted molar refractivity (Wildman–Crippen MR) is 116 cm³/mol. The van der Waals surface area contributed by atoms with Gasteiger partial charge in [-0.05, 0) is 35.4 Å². The Kier molecular flexibility index (Phi) is 6.45. The van der Waals surface area contributed by atoms with Gasteiger partial charge in [-0.15, -0.1) is 13.2 Å². The molecule has 10 heteroatoms. The molecule has 0 saturated heterocycles. The fourth-order valence-electron chi connectivity index (χ4n) is 2.96. The fraction of sp³-hybridized carbons (Fsp3) is 0.136. The Labute approximate surface area is 183 Å². The number of rotatable bonds is 6. The van der Waals surface area contributed by atoms with Gasteiger partial charge in [-0.3, -0.25) is 9.10 Å². The van der Waals surface area contributed by atoms with Crippen LogP contribution in [0.2, 0.25) is 0 Å². The molecule has 0 spiro atoms. The number of hydrogen-bond acceptors (Lipinski definition) is 4. The number of hydrogen-bond donors (Lipinski definition) is 1. The first-order valence-electron chi connectivity index (χ1n) is 9.25. The molecule has 1 amide bonds. The standard InChI is InChI=1S/C22H19F3N2O4S/c1-27(32(2,29)30)19-13-12-16(15-8-4-3-5-9-15)14-18(19)26-21(28)17-10-6-7-11-20(17)31-22(23,24)25/h3-14H,1-2H3,(H,26,28). The highest BCUT2D eigenvalue weighted by Crippen LogP contribution is 2.33. The van der Waals surface area contributed by atoms with E-state index in [1.54, 1.807) is 12.1 Å². The lowest BCUT2D eigenvalue weighted by Gasteiger charge is -2.22. The minimum Gasteiger partial charge on any atom is -0.405 e. The quantitative estimate of drug-likeness (QED) is 0.563. The number of carbonyl (C=O) groups is 1. The molecule has 0 radical (unpaired) electrons. The van der Waals surface area contributed by atoms with Crippen LogP contribution in [0.25, 0.3) is 11.1 Å². The van der Waals surface area contributed by atoms with Gasteiger partial charge in [-0.25, -0.2) is 8.42 Å². The van der Waals surface area contributed by atoms with Crippen LogP contribution in [0.3, 0.4) is 0 Å². The van der Waals surface area contributed by atoms with E-state index in [0.29, 0.717) is 5.56 Å². The van der Waals surface area contributed by atoms with E-state index in [9.17, 15) is 26.4 Å². The second-order valence-corrected chi connectivity index (χ2v) is 8.84. The summed E-state index contributed by atoms with van der Waals surface area (Å²) in [5.74, 6) is -1.56. The van der Waals surface area contributed by atoms with Gasteiger partial charge in [0.15, 0.2) is 0 Å². The molecule has 32 heavy (non-hydrogen) atoms. The lowest BCUT2D eigenvalue weighted by atomic mass is 10.0. The number of nitrogens with one attached hydrogen (secondary N) is 1. The van der Waals surface area contributed by atoms with Crippen LogP contribution >= 0.6 is 0 Å². The van der Waals surface area contributed by atoms with Crippen molar-refractivity contribution in [1.29, 1.82) is 0 Å². The van der Waals surface area contributed by atoms with E-state index in [-0.39, 0.29) is 16.9 Å². The van der Waals surface area contributed by atoms with E-state index < -0.39 is 28.0 Å². The van der Waals surface area contributed by atoms with E-state index in [0.717, 1.165) is 22.2 Å². The van der Waals surface area contributed by atoms with Gasteiger partial charge >= 0.3 is 6.36 Å². The zero-order valence-corrected chi connectivity index (χ0v) is 17.9. The van der Waals surface area contributed by atoms with Gasteiger partial charge in [-0.1, -0.05) is 48.5 Å². The summed E-state index contributed by atoms with van der Waals surface area (Å²) in [5, 5.41) is 2.52. The number of sulfonamides is 1. The van der Waals surface area contributed by atoms with Crippen molar-refractivity contribution in [1.82, 2.24) is 0 Å². The molecule has 3 aromatic rings. The van der Waals surface area contributed by atoms with Crippen molar-refractivity contribution in [2.75, 3.05) is 22.9 Å². The number of nitrogens with zero attached hydrogens (tertiary/aromatic N) is 1. The number of carbonyl (C=O) groups excluding carboxylic acids is 1. The third-order valence-electron chi connectivity index (χ3n) is 4.55. The van der Waals surface area contributed by atoms with Crippen molar-refractivity contribution >= 4 is 27.3 Å². The van der Waals surface area contributed by atoms with E-state index in [1.165, 1.54) is 31.3 Å². The van der Waals surface area contributed by atoms with E-state index in [2.05, 4.69) is 10.1 Å². The van der Waals surface area contributed by atoms with Crippen molar-refractivity contribution < 1.29 is 31.1 Å². The number of anilines is 2. The number of amides is 1. The van der Waals surface area contributed by atoms with Gasteiger partial charge in [0.2, 0.25) is 10.0 Å². The van der Waals surface area contributed by atoms with E-state index in [4.69, 9.17) is 0 Å². The van der Waals surface area contributed by atoms with Gasteiger partial charge in [0, 0.05) is 7.05 Å². The maximum absolute atomic E-state index is 12.9. The summed E-state index contributed by atoms with van der Waals surface area (Å²) in [6.07, 6.45) is -3.98. The lowest BCUT2D eigenvalue weighted by molar-refractivity contribution is -0.274. The Morgan fingerprint density at radius 2 is 1.56 bits per heavy atom. The number of halogens is 3. The van der Waals surface area contributed by atoms with Crippen molar-refractivity contribution in [3.05, 3.63) is 78.4 Å². The molecule has 6 nitrogen and oxygen atoms in total. The highest BCUT2D eigenvalue weighted by Gasteiger charge is 2.33. The summed E-state index contributed by atoms with van der Waals surface area (Å²) in [7, 11) is -2.37. The molecular formula is C22H19F3N2O4S. The van der Waals surface area contributed by atoms with Gasteiger partial charge in [0.05, 0.1) is 23.2 Å². The molecule has 0 unspecified atom stereocenters. The van der Waals surface area contributed by atoms with Gasteiger partial charge in [0.25, 0.3) is 5.91 Å². The summed E-state index contributed by atoms with van der Waals surface area (Å²) in [5.41, 5.74) is 1.37. The SMILES string of the molecule is CN(c1ccc(-c2ccccc2)cc1NC(=O)c1ccccc1OC(F)(F)F)S(C)(=O)=O. The molecule has 0 atom stereocenters. The van der Waals surface area contributed by atoms with Crippen LogP contribution in [0.1, 0.15) is 10.4 Å². The predicted octanol–water partition coefficient (Wildman–Crippen LogP) is 4.90. The van der Waals surface area contributed by atoms with Crippen LogP contribution < -0.4 is 14.4 Å². The van der Waals surface area contributed by atoms with Crippen molar-refractivity contribution in [2.24, 2.45) is 0 Å². The number of alkyl halides is 3. The summed E-state index contributed by atoms with van der Waals surface area (Å²) in [4.78, 5) is 12.9. The Morgan fingerprint density at radius 1 is 0.938 bits per heavy atom. The third-order valence-corrected chi connectivity index (χ3v) is 5.74. The maximum Gasteiger partial charge on any atom is 0.573 e. The molecule has 3 aromatic carbocycles. The third kappa shape index (κ3) is 5.58. The largest absolute Gasteiger partial charge is 0.573 e. The molecule has 0 aromatic heterocycles. The van der Waals surface area contributed by atoms with Gasteiger partial charge in [-0.2, -0.15) is 0 Å².